The predicted molar refractivity (Wildman–Crippen MR) is 83.6 cm³/mol. The minimum atomic E-state index is -3.67. The number of carbonyl (C=O) groups excluding carboxylic acids is 1. The van der Waals surface area contributed by atoms with Gasteiger partial charge in [-0.1, -0.05) is 12.1 Å². The molecule has 1 amide bonds. The van der Waals surface area contributed by atoms with E-state index in [2.05, 4.69) is 5.32 Å². The summed E-state index contributed by atoms with van der Waals surface area (Å²) in [6.07, 6.45) is 0. The van der Waals surface area contributed by atoms with Crippen molar-refractivity contribution < 1.29 is 13.2 Å². The standard InChI is InChI=1S/C15H24N2O3S/c1-11-7-8-12(2)13(9-11)21(19,20)17(6)10-14(18)16-15(3,4)5/h7-9H,10H2,1-6H3,(H,16,18). The molecule has 0 atom stereocenters. The molecular formula is C15H24N2O3S. The molecule has 0 heterocycles. The Labute approximate surface area is 127 Å². The smallest absolute Gasteiger partial charge is 0.243 e. The highest BCUT2D eigenvalue weighted by Gasteiger charge is 2.25. The zero-order valence-corrected chi connectivity index (χ0v) is 14.3. The summed E-state index contributed by atoms with van der Waals surface area (Å²) in [5.41, 5.74) is 1.15. The molecule has 0 unspecified atom stereocenters. The van der Waals surface area contributed by atoms with Gasteiger partial charge in [-0.25, -0.2) is 8.42 Å². The van der Waals surface area contributed by atoms with Gasteiger partial charge in [0.25, 0.3) is 0 Å². The Balaban J connectivity index is 2.97. The summed E-state index contributed by atoms with van der Waals surface area (Å²) in [6, 6.07) is 5.26. The molecule has 0 spiro atoms. The third-order valence-corrected chi connectivity index (χ3v) is 4.86. The molecule has 1 aromatic rings. The number of nitrogens with zero attached hydrogens (tertiary/aromatic N) is 1. The highest BCUT2D eigenvalue weighted by molar-refractivity contribution is 7.89. The Hall–Kier alpha value is -1.40. The van der Waals surface area contributed by atoms with Crippen molar-refractivity contribution in [2.24, 2.45) is 0 Å². The first kappa shape index (κ1) is 17.7. The van der Waals surface area contributed by atoms with E-state index in [0.29, 0.717) is 5.56 Å². The maximum absolute atomic E-state index is 12.6. The summed E-state index contributed by atoms with van der Waals surface area (Å²) in [4.78, 5) is 12.1. The first-order chi connectivity index (χ1) is 9.43. The highest BCUT2D eigenvalue weighted by Crippen LogP contribution is 2.20. The summed E-state index contributed by atoms with van der Waals surface area (Å²) in [7, 11) is -2.25. The van der Waals surface area contributed by atoms with Gasteiger partial charge >= 0.3 is 0 Å². The zero-order chi connectivity index (χ0) is 16.4. The number of carbonyl (C=O) groups is 1. The molecule has 1 N–H and O–H groups in total. The van der Waals surface area contributed by atoms with Crippen LogP contribution in [0.5, 0.6) is 0 Å². The molecular weight excluding hydrogens is 288 g/mol. The molecule has 0 aliphatic rings. The number of hydrogen-bond acceptors (Lipinski definition) is 3. The van der Waals surface area contributed by atoms with Crippen LogP contribution in [0.1, 0.15) is 31.9 Å². The summed E-state index contributed by atoms with van der Waals surface area (Å²) in [5, 5.41) is 2.75. The summed E-state index contributed by atoms with van der Waals surface area (Å²) < 4.78 is 26.2. The number of nitrogens with one attached hydrogen (secondary N) is 1. The van der Waals surface area contributed by atoms with Crippen LogP contribution < -0.4 is 5.32 Å². The Morgan fingerprint density at radius 1 is 1.24 bits per heavy atom. The van der Waals surface area contributed by atoms with Crippen LogP contribution in [-0.2, 0) is 14.8 Å². The maximum atomic E-state index is 12.6. The molecule has 6 heteroatoms. The molecule has 0 fully saturated rings. The molecule has 0 radical (unpaired) electrons. The lowest BCUT2D eigenvalue weighted by molar-refractivity contribution is -0.122. The minimum Gasteiger partial charge on any atom is -0.350 e. The number of hydrogen-bond donors (Lipinski definition) is 1. The van der Waals surface area contributed by atoms with Crippen molar-refractivity contribution >= 4 is 15.9 Å². The molecule has 5 nitrogen and oxygen atoms in total. The van der Waals surface area contributed by atoms with Crippen molar-refractivity contribution in [2.75, 3.05) is 13.6 Å². The molecule has 1 aromatic carbocycles. The van der Waals surface area contributed by atoms with Gasteiger partial charge in [0.15, 0.2) is 0 Å². The van der Waals surface area contributed by atoms with Crippen molar-refractivity contribution in [1.29, 1.82) is 0 Å². The number of likely N-dealkylation sites (N-methyl/N-ethyl adjacent to an activating group) is 1. The number of benzene rings is 1. The third kappa shape index (κ3) is 4.82. The lowest BCUT2D eigenvalue weighted by atomic mass is 10.1. The van der Waals surface area contributed by atoms with Crippen LogP contribution >= 0.6 is 0 Å². The highest BCUT2D eigenvalue weighted by atomic mass is 32.2. The fraction of sp³-hybridized carbons (Fsp3) is 0.533. The van der Waals surface area contributed by atoms with E-state index in [-0.39, 0.29) is 22.9 Å². The van der Waals surface area contributed by atoms with Gasteiger partial charge in [0.1, 0.15) is 0 Å². The van der Waals surface area contributed by atoms with Crippen LogP contribution in [0.4, 0.5) is 0 Å². The molecule has 0 bridgehead atoms. The Bertz CT molecular complexity index is 631. The zero-order valence-electron chi connectivity index (χ0n) is 13.5. The average molecular weight is 312 g/mol. The largest absolute Gasteiger partial charge is 0.350 e. The minimum absolute atomic E-state index is 0.201. The third-order valence-electron chi connectivity index (χ3n) is 2.91. The first-order valence-corrected chi connectivity index (χ1v) is 8.22. The Kier molecular flexibility index (Phi) is 5.17. The fourth-order valence-electron chi connectivity index (χ4n) is 1.90. The fourth-order valence-corrected chi connectivity index (χ4v) is 3.33. The van der Waals surface area contributed by atoms with Crippen LogP contribution in [0.15, 0.2) is 23.1 Å². The number of rotatable bonds is 4. The van der Waals surface area contributed by atoms with E-state index in [1.807, 2.05) is 33.8 Å². The van der Waals surface area contributed by atoms with E-state index in [9.17, 15) is 13.2 Å². The van der Waals surface area contributed by atoms with Gasteiger partial charge in [0.2, 0.25) is 15.9 Å². The van der Waals surface area contributed by atoms with Crippen molar-refractivity contribution in [2.45, 2.75) is 45.1 Å². The van der Waals surface area contributed by atoms with Gasteiger partial charge in [-0.05, 0) is 51.8 Å². The van der Waals surface area contributed by atoms with Crippen molar-refractivity contribution in [3.05, 3.63) is 29.3 Å². The van der Waals surface area contributed by atoms with Crippen LogP contribution in [0, 0.1) is 13.8 Å². The second kappa shape index (κ2) is 6.15. The predicted octanol–water partition coefficient (Wildman–Crippen LogP) is 1.84. The molecule has 1 rings (SSSR count). The van der Waals surface area contributed by atoms with Crippen LogP contribution in [0.2, 0.25) is 0 Å². The van der Waals surface area contributed by atoms with Gasteiger partial charge in [-0.15, -0.1) is 0 Å². The van der Waals surface area contributed by atoms with Gasteiger partial charge in [-0.3, -0.25) is 4.79 Å². The topological polar surface area (TPSA) is 66.5 Å². The van der Waals surface area contributed by atoms with Crippen molar-refractivity contribution in [3.63, 3.8) is 0 Å². The van der Waals surface area contributed by atoms with E-state index in [4.69, 9.17) is 0 Å². The second-order valence-electron chi connectivity index (χ2n) is 6.33. The lowest BCUT2D eigenvalue weighted by Gasteiger charge is -2.23. The molecule has 0 aliphatic carbocycles. The van der Waals surface area contributed by atoms with Crippen molar-refractivity contribution in [1.82, 2.24) is 9.62 Å². The van der Waals surface area contributed by atoms with E-state index in [0.717, 1.165) is 9.87 Å². The summed E-state index contributed by atoms with van der Waals surface area (Å²) in [5.74, 6) is -0.320. The summed E-state index contributed by atoms with van der Waals surface area (Å²) >= 11 is 0. The normalized spacial score (nSPS) is 12.5. The maximum Gasteiger partial charge on any atom is 0.243 e. The van der Waals surface area contributed by atoms with Crippen LogP contribution in [0.3, 0.4) is 0 Å². The number of aryl methyl sites for hydroxylation is 2. The average Bonchev–Trinajstić information content (AvgIpc) is 2.29. The van der Waals surface area contributed by atoms with E-state index >= 15 is 0 Å². The molecule has 0 aromatic heterocycles. The van der Waals surface area contributed by atoms with Gasteiger partial charge < -0.3 is 5.32 Å². The van der Waals surface area contributed by atoms with E-state index in [1.165, 1.54) is 7.05 Å². The van der Waals surface area contributed by atoms with E-state index in [1.54, 1.807) is 19.1 Å². The van der Waals surface area contributed by atoms with Gasteiger partial charge in [-0.2, -0.15) is 4.31 Å². The number of amides is 1. The molecule has 0 saturated carbocycles. The quantitative estimate of drug-likeness (QED) is 0.922. The van der Waals surface area contributed by atoms with E-state index < -0.39 is 10.0 Å². The monoisotopic (exact) mass is 312 g/mol. The molecule has 21 heavy (non-hydrogen) atoms. The molecule has 0 aliphatic heterocycles. The Morgan fingerprint density at radius 3 is 2.33 bits per heavy atom. The van der Waals surface area contributed by atoms with Gasteiger partial charge in [0.05, 0.1) is 11.4 Å². The SMILES string of the molecule is Cc1ccc(C)c(S(=O)(=O)N(C)CC(=O)NC(C)(C)C)c1. The summed E-state index contributed by atoms with van der Waals surface area (Å²) in [6.45, 7) is 8.94. The Morgan fingerprint density at radius 2 is 1.81 bits per heavy atom. The van der Waals surface area contributed by atoms with Crippen LogP contribution in [-0.4, -0.2) is 37.8 Å². The molecule has 0 saturated heterocycles. The van der Waals surface area contributed by atoms with Crippen LogP contribution in [0.25, 0.3) is 0 Å². The number of sulfonamides is 1. The van der Waals surface area contributed by atoms with Gasteiger partial charge in [0, 0.05) is 12.6 Å². The lowest BCUT2D eigenvalue weighted by Crippen LogP contribution is -2.46. The molecule has 118 valence electrons. The first-order valence-electron chi connectivity index (χ1n) is 6.78. The second-order valence-corrected chi connectivity index (χ2v) is 8.34. The van der Waals surface area contributed by atoms with Crippen molar-refractivity contribution in [3.8, 4) is 0 Å².